The van der Waals surface area contributed by atoms with Crippen molar-refractivity contribution in [3.8, 4) is 17.2 Å². The summed E-state index contributed by atoms with van der Waals surface area (Å²) in [6, 6.07) is 17.1. The summed E-state index contributed by atoms with van der Waals surface area (Å²) in [7, 11) is 1.38. The van der Waals surface area contributed by atoms with Crippen molar-refractivity contribution >= 4 is 28.8 Å². The van der Waals surface area contributed by atoms with E-state index < -0.39 is 22.7 Å². The number of hydrogen-bond acceptors (Lipinski definition) is 8. The molecule has 3 aromatic rings. The van der Waals surface area contributed by atoms with E-state index in [4.69, 9.17) is 9.47 Å². The summed E-state index contributed by atoms with van der Waals surface area (Å²) in [5, 5.41) is 21.6. The molecule has 10 nitrogen and oxygen atoms in total. The SMILES string of the molecule is COc1ccc(N=NC(C(C)=O)C(=O)Nc2ccc(Oc3ccc(C(C)(C)C(C)C)cc3)cc2)c([N+](=O)[O-])c1. The van der Waals surface area contributed by atoms with Crippen LogP contribution >= 0.6 is 0 Å². The van der Waals surface area contributed by atoms with Crippen molar-refractivity contribution in [3.63, 3.8) is 0 Å². The van der Waals surface area contributed by atoms with Crippen LogP contribution in [-0.4, -0.2) is 29.8 Å². The van der Waals surface area contributed by atoms with Crippen LogP contribution in [-0.2, 0) is 15.0 Å². The number of Topliss-reactive ketones (excluding diaryl/α,β-unsaturated/α-hetero) is 1. The fraction of sp³-hybridized carbons (Fsp3) is 0.310. The predicted molar refractivity (Wildman–Crippen MR) is 148 cm³/mol. The van der Waals surface area contributed by atoms with Gasteiger partial charge in [0, 0.05) is 5.69 Å². The second-order valence-corrected chi connectivity index (χ2v) is 9.86. The number of carbonyl (C=O) groups is 2. The minimum atomic E-state index is -1.49. The minimum absolute atomic E-state index is 0.0407. The monoisotopic (exact) mass is 532 g/mol. The summed E-state index contributed by atoms with van der Waals surface area (Å²) >= 11 is 0. The molecule has 3 aromatic carbocycles. The molecule has 39 heavy (non-hydrogen) atoms. The highest BCUT2D eigenvalue weighted by molar-refractivity contribution is 6.10. The number of ether oxygens (including phenoxy) is 2. The first-order valence-electron chi connectivity index (χ1n) is 12.4. The molecule has 0 spiro atoms. The summed E-state index contributed by atoms with van der Waals surface area (Å²) in [4.78, 5) is 35.6. The topological polar surface area (TPSA) is 132 Å². The lowest BCUT2D eigenvalue weighted by Crippen LogP contribution is -2.31. The van der Waals surface area contributed by atoms with E-state index in [9.17, 15) is 19.7 Å². The van der Waals surface area contributed by atoms with Crippen molar-refractivity contribution in [2.24, 2.45) is 16.1 Å². The second-order valence-electron chi connectivity index (χ2n) is 9.86. The normalized spacial score (nSPS) is 12.3. The highest BCUT2D eigenvalue weighted by Gasteiger charge is 2.25. The zero-order valence-corrected chi connectivity index (χ0v) is 22.8. The standard InChI is InChI=1S/C29H32N4O6/c1-18(2)29(4,5)20-7-11-22(12-8-20)39-23-13-9-21(10-14-23)30-28(35)27(19(3)34)32-31-25-16-15-24(38-6)17-26(25)33(36)37/h7-18,27H,1-6H3,(H,30,35). The molecule has 0 aliphatic carbocycles. The van der Waals surface area contributed by atoms with Crippen LogP contribution in [0.15, 0.2) is 77.0 Å². The number of nitrogens with zero attached hydrogens (tertiary/aromatic N) is 3. The number of ketones is 1. The molecule has 0 aromatic heterocycles. The molecule has 1 unspecified atom stereocenters. The number of rotatable bonds is 11. The fourth-order valence-electron chi connectivity index (χ4n) is 3.54. The van der Waals surface area contributed by atoms with E-state index in [-0.39, 0.29) is 22.5 Å². The molecule has 204 valence electrons. The minimum Gasteiger partial charge on any atom is -0.496 e. The maximum atomic E-state index is 12.8. The quantitative estimate of drug-likeness (QED) is 0.122. The van der Waals surface area contributed by atoms with Gasteiger partial charge in [-0.25, -0.2) is 0 Å². The Kier molecular flexibility index (Phi) is 9.13. The van der Waals surface area contributed by atoms with Gasteiger partial charge >= 0.3 is 0 Å². The molecule has 0 aliphatic heterocycles. The number of nitrogens with one attached hydrogen (secondary N) is 1. The van der Waals surface area contributed by atoms with Crippen LogP contribution in [0.4, 0.5) is 17.1 Å². The smallest absolute Gasteiger partial charge is 0.300 e. The summed E-state index contributed by atoms with van der Waals surface area (Å²) in [6.45, 7) is 10.00. The van der Waals surface area contributed by atoms with Gasteiger partial charge in [0.2, 0.25) is 6.04 Å². The van der Waals surface area contributed by atoms with Crippen LogP contribution in [0.25, 0.3) is 0 Å². The van der Waals surface area contributed by atoms with E-state index in [0.29, 0.717) is 23.1 Å². The molecule has 0 aliphatic rings. The fourth-order valence-corrected chi connectivity index (χ4v) is 3.54. The van der Waals surface area contributed by atoms with Gasteiger partial charge in [-0.3, -0.25) is 19.7 Å². The van der Waals surface area contributed by atoms with E-state index in [0.717, 1.165) is 0 Å². The highest BCUT2D eigenvalue weighted by Crippen LogP contribution is 2.34. The molecule has 1 N–H and O–H groups in total. The van der Waals surface area contributed by atoms with Crippen LogP contribution in [0.2, 0.25) is 0 Å². The van der Waals surface area contributed by atoms with Crippen molar-refractivity contribution in [2.75, 3.05) is 12.4 Å². The van der Waals surface area contributed by atoms with Crippen molar-refractivity contribution in [1.29, 1.82) is 0 Å². The zero-order valence-electron chi connectivity index (χ0n) is 22.8. The number of nitro benzene ring substituents is 1. The first kappa shape index (κ1) is 29.0. The third-order valence-electron chi connectivity index (χ3n) is 6.69. The number of amides is 1. The van der Waals surface area contributed by atoms with Gasteiger partial charge in [-0.05, 0) is 72.4 Å². The number of methoxy groups -OCH3 is 1. The zero-order chi connectivity index (χ0) is 28.7. The highest BCUT2D eigenvalue weighted by atomic mass is 16.6. The van der Waals surface area contributed by atoms with Crippen molar-refractivity contribution in [3.05, 3.63) is 82.4 Å². The Bertz CT molecular complexity index is 1370. The van der Waals surface area contributed by atoms with Gasteiger partial charge in [-0.1, -0.05) is 39.8 Å². The molecule has 0 saturated heterocycles. The first-order chi connectivity index (χ1) is 18.4. The maximum Gasteiger partial charge on any atom is 0.300 e. The predicted octanol–water partition coefficient (Wildman–Crippen LogP) is 7.01. The number of azo groups is 1. The van der Waals surface area contributed by atoms with Gasteiger partial charge in [-0.15, -0.1) is 5.11 Å². The van der Waals surface area contributed by atoms with Gasteiger partial charge in [-0.2, -0.15) is 5.11 Å². The lowest BCUT2D eigenvalue weighted by molar-refractivity contribution is -0.384. The third kappa shape index (κ3) is 7.25. The summed E-state index contributed by atoms with van der Waals surface area (Å²) < 4.78 is 10.9. The number of anilines is 1. The van der Waals surface area contributed by atoms with Crippen molar-refractivity contribution in [1.82, 2.24) is 0 Å². The van der Waals surface area contributed by atoms with Crippen molar-refractivity contribution < 1.29 is 24.0 Å². The molecule has 3 rings (SSSR count). The lowest BCUT2D eigenvalue weighted by Gasteiger charge is -2.30. The molecule has 0 radical (unpaired) electrons. The molecular formula is C29H32N4O6. The number of benzene rings is 3. The van der Waals surface area contributed by atoms with Crippen LogP contribution in [0.1, 0.15) is 40.2 Å². The van der Waals surface area contributed by atoms with Crippen LogP contribution in [0, 0.1) is 16.0 Å². The van der Waals surface area contributed by atoms with E-state index in [1.165, 1.54) is 37.8 Å². The van der Waals surface area contributed by atoms with Gasteiger partial charge in [0.1, 0.15) is 17.2 Å². The van der Waals surface area contributed by atoms with Crippen LogP contribution < -0.4 is 14.8 Å². The summed E-state index contributed by atoms with van der Waals surface area (Å²) in [6.07, 6.45) is 0. The number of hydrogen-bond donors (Lipinski definition) is 1. The van der Waals surface area contributed by atoms with E-state index in [2.05, 4.69) is 55.4 Å². The van der Waals surface area contributed by atoms with Crippen LogP contribution in [0.5, 0.6) is 17.2 Å². The maximum absolute atomic E-state index is 12.8. The van der Waals surface area contributed by atoms with Crippen molar-refractivity contribution in [2.45, 2.75) is 46.1 Å². The summed E-state index contributed by atoms with van der Waals surface area (Å²) in [5.74, 6) is 0.701. The van der Waals surface area contributed by atoms with Gasteiger partial charge in [0.15, 0.2) is 11.5 Å². The molecule has 0 bridgehead atoms. The molecule has 0 fully saturated rings. The van der Waals surface area contributed by atoms with Gasteiger partial charge in [0.25, 0.3) is 11.6 Å². The number of carbonyl (C=O) groups excluding carboxylic acids is 2. The third-order valence-corrected chi connectivity index (χ3v) is 6.69. The molecular weight excluding hydrogens is 500 g/mol. The largest absolute Gasteiger partial charge is 0.496 e. The molecule has 1 amide bonds. The van der Waals surface area contributed by atoms with Gasteiger partial charge in [0.05, 0.1) is 18.1 Å². The Morgan fingerprint density at radius 3 is 2.03 bits per heavy atom. The van der Waals surface area contributed by atoms with E-state index >= 15 is 0 Å². The Morgan fingerprint density at radius 1 is 0.949 bits per heavy atom. The molecule has 10 heteroatoms. The average molecular weight is 533 g/mol. The number of nitro groups is 1. The molecule has 0 heterocycles. The summed E-state index contributed by atoms with van der Waals surface area (Å²) in [5.41, 5.74) is 1.20. The molecule has 0 saturated carbocycles. The van der Waals surface area contributed by atoms with Gasteiger partial charge < -0.3 is 14.8 Å². The Labute approximate surface area is 227 Å². The van der Waals surface area contributed by atoms with E-state index in [1.54, 1.807) is 24.3 Å². The lowest BCUT2D eigenvalue weighted by atomic mass is 9.75. The van der Waals surface area contributed by atoms with Crippen LogP contribution in [0.3, 0.4) is 0 Å². The Balaban J connectivity index is 1.68. The molecule has 1 atom stereocenters. The van der Waals surface area contributed by atoms with E-state index in [1.807, 2.05) is 12.1 Å². The Morgan fingerprint density at radius 2 is 1.51 bits per heavy atom. The first-order valence-corrected chi connectivity index (χ1v) is 12.4. The Hall–Kier alpha value is -4.60. The second kappa shape index (κ2) is 12.3. The average Bonchev–Trinajstić information content (AvgIpc) is 2.90.